The predicted molar refractivity (Wildman–Crippen MR) is 52.5 cm³/mol. The van der Waals surface area contributed by atoms with Gasteiger partial charge in [0.25, 0.3) is 5.91 Å². The van der Waals surface area contributed by atoms with Crippen molar-refractivity contribution in [3.63, 3.8) is 0 Å². The smallest absolute Gasteiger partial charge is 0.406 e. The van der Waals surface area contributed by atoms with Crippen molar-refractivity contribution in [3.8, 4) is 0 Å². The molecule has 0 atom stereocenters. The highest BCUT2D eigenvalue weighted by Gasteiger charge is 2.33. The highest BCUT2D eigenvalue weighted by molar-refractivity contribution is 5.91. The van der Waals surface area contributed by atoms with Crippen LogP contribution in [0.2, 0.25) is 0 Å². The summed E-state index contributed by atoms with van der Waals surface area (Å²) in [6.45, 7) is -0.761. The zero-order chi connectivity index (χ0) is 13.1. The molecule has 1 aromatic heterocycles. The largest absolute Gasteiger partial charge is 0.456 e. The van der Waals surface area contributed by atoms with Crippen molar-refractivity contribution < 1.29 is 27.5 Å². The zero-order valence-electron chi connectivity index (χ0n) is 9.12. The molecule has 96 valence electrons. The summed E-state index contributed by atoms with van der Waals surface area (Å²) < 4.78 is 41.6. The molecule has 0 aliphatic carbocycles. The van der Waals surface area contributed by atoms with Gasteiger partial charge in [-0.15, -0.1) is 0 Å². The van der Waals surface area contributed by atoms with Crippen molar-refractivity contribution in [3.05, 3.63) is 23.7 Å². The summed E-state index contributed by atoms with van der Waals surface area (Å²) >= 11 is 0. The van der Waals surface area contributed by atoms with E-state index < -0.39 is 31.8 Å². The molecule has 0 aliphatic rings. The van der Waals surface area contributed by atoms with Crippen molar-refractivity contribution in [2.24, 2.45) is 0 Å². The fourth-order valence-electron chi connectivity index (χ4n) is 1.29. The highest BCUT2D eigenvalue weighted by atomic mass is 19.4. The van der Waals surface area contributed by atoms with Gasteiger partial charge >= 0.3 is 6.18 Å². The standard InChI is InChI=1S/C10H12F3NO3/c1-7-2-3-8(17-7)9(16)14(4-5-15)6-10(11,12)13/h2-3,15H,4-6H2,1H3. The number of hydrogen-bond donors (Lipinski definition) is 1. The molecule has 7 heteroatoms. The molecule has 0 saturated carbocycles. The lowest BCUT2D eigenvalue weighted by Gasteiger charge is -2.21. The Hall–Kier alpha value is -1.50. The summed E-state index contributed by atoms with van der Waals surface area (Å²) in [7, 11) is 0. The quantitative estimate of drug-likeness (QED) is 0.884. The number of nitrogens with zero attached hydrogens (tertiary/aromatic N) is 1. The van der Waals surface area contributed by atoms with Crippen LogP contribution in [0.4, 0.5) is 13.2 Å². The number of alkyl halides is 3. The first kappa shape index (κ1) is 13.6. The summed E-state index contributed by atoms with van der Waals surface area (Å²) in [6.07, 6.45) is -4.51. The average Bonchev–Trinajstić information content (AvgIpc) is 2.61. The number of halogens is 3. The van der Waals surface area contributed by atoms with Crippen LogP contribution >= 0.6 is 0 Å². The molecule has 0 aromatic carbocycles. The molecule has 1 rings (SSSR count). The van der Waals surface area contributed by atoms with Gasteiger partial charge in [-0.05, 0) is 19.1 Å². The Labute approximate surface area is 95.6 Å². The van der Waals surface area contributed by atoms with Crippen LogP contribution in [0.5, 0.6) is 0 Å². The molecule has 1 amide bonds. The second-order valence-electron chi connectivity index (χ2n) is 3.48. The van der Waals surface area contributed by atoms with E-state index in [1.165, 1.54) is 12.1 Å². The number of aliphatic hydroxyl groups excluding tert-OH is 1. The Morgan fingerprint density at radius 3 is 2.53 bits per heavy atom. The number of carbonyl (C=O) groups is 1. The molecule has 0 bridgehead atoms. The number of carbonyl (C=O) groups excluding carboxylic acids is 1. The van der Waals surface area contributed by atoms with Crippen molar-refractivity contribution in [2.45, 2.75) is 13.1 Å². The Bertz CT molecular complexity index is 386. The predicted octanol–water partition coefficient (Wildman–Crippen LogP) is 1.58. The average molecular weight is 251 g/mol. The Morgan fingerprint density at radius 2 is 2.12 bits per heavy atom. The van der Waals surface area contributed by atoms with Crippen LogP contribution in [-0.4, -0.2) is 41.8 Å². The van der Waals surface area contributed by atoms with Crippen molar-refractivity contribution in [2.75, 3.05) is 19.7 Å². The van der Waals surface area contributed by atoms with Crippen LogP contribution in [0.3, 0.4) is 0 Å². The van der Waals surface area contributed by atoms with Gasteiger partial charge in [0.1, 0.15) is 12.3 Å². The maximum absolute atomic E-state index is 12.2. The summed E-state index contributed by atoms with van der Waals surface area (Å²) in [5, 5.41) is 8.64. The minimum absolute atomic E-state index is 0.166. The molecule has 0 saturated heterocycles. The molecule has 0 radical (unpaired) electrons. The Morgan fingerprint density at radius 1 is 1.47 bits per heavy atom. The summed E-state index contributed by atoms with van der Waals surface area (Å²) in [6, 6.07) is 2.79. The first-order valence-electron chi connectivity index (χ1n) is 4.87. The van der Waals surface area contributed by atoms with Gasteiger partial charge in [0, 0.05) is 6.54 Å². The number of aliphatic hydroxyl groups is 1. The van der Waals surface area contributed by atoms with Crippen molar-refractivity contribution >= 4 is 5.91 Å². The van der Waals surface area contributed by atoms with Crippen LogP contribution in [0, 0.1) is 6.92 Å². The van der Waals surface area contributed by atoms with Gasteiger partial charge in [0.15, 0.2) is 5.76 Å². The van der Waals surface area contributed by atoms with E-state index >= 15 is 0 Å². The maximum atomic E-state index is 12.2. The molecular formula is C10H12F3NO3. The number of aryl methyl sites for hydroxylation is 1. The van der Waals surface area contributed by atoms with Crippen LogP contribution in [-0.2, 0) is 0 Å². The number of furan rings is 1. The first-order valence-corrected chi connectivity index (χ1v) is 4.87. The SMILES string of the molecule is Cc1ccc(C(=O)N(CCO)CC(F)(F)F)o1. The van der Waals surface area contributed by atoms with Crippen LogP contribution in [0.15, 0.2) is 16.5 Å². The van der Waals surface area contributed by atoms with E-state index in [0.29, 0.717) is 10.7 Å². The molecular weight excluding hydrogens is 239 g/mol. The normalized spacial score (nSPS) is 11.6. The molecule has 17 heavy (non-hydrogen) atoms. The minimum atomic E-state index is -4.51. The second-order valence-corrected chi connectivity index (χ2v) is 3.48. The van der Waals surface area contributed by atoms with E-state index in [2.05, 4.69) is 0 Å². The van der Waals surface area contributed by atoms with Gasteiger partial charge in [-0.25, -0.2) is 0 Å². The van der Waals surface area contributed by atoms with Crippen LogP contribution in [0.25, 0.3) is 0 Å². The summed E-state index contributed by atoms with van der Waals surface area (Å²) in [5.41, 5.74) is 0. The van der Waals surface area contributed by atoms with Gasteiger partial charge in [0.2, 0.25) is 0 Å². The Kier molecular flexibility index (Phi) is 4.17. The Balaban J connectivity index is 2.80. The van der Waals surface area contributed by atoms with E-state index in [1.807, 2.05) is 0 Å². The second kappa shape index (κ2) is 5.22. The minimum Gasteiger partial charge on any atom is -0.456 e. The van der Waals surface area contributed by atoms with Crippen LogP contribution < -0.4 is 0 Å². The van der Waals surface area contributed by atoms with E-state index in [9.17, 15) is 18.0 Å². The zero-order valence-corrected chi connectivity index (χ0v) is 9.12. The lowest BCUT2D eigenvalue weighted by molar-refractivity contribution is -0.141. The van der Waals surface area contributed by atoms with Gasteiger partial charge in [-0.2, -0.15) is 13.2 Å². The summed E-state index contributed by atoms with van der Waals surface area (Å²) in [4.78, 5) is 12.1. The van der Waals surface area contributed by atoms with Crippen molar-refractivity contribution in [1.82, 2.24) is 4.90 Å². The fraction of sp³-hybridized carbons (Fsp3) is 0.500. The van der Waals surface area contributed by atoms with E-state index in [1.54, 1.807) is 6.92 Å². The number of hydrogen-bond acceptors (Lipinski definition) is 3. The molecule has 4 nitrogen and oxygen atoms in total. The molecule has 0 spiro atoms. The molecule has 0 unspecified atom stereocenters. The summed E-state index contributed by atoms with van der Waals surface area (Å²) in [5.74, 6) is -0.617. The topological polar surface area (TPSA) is 53.7 Å². The number of amides is 1. The lowest BCUT2D eigenvalue weighted by Crippen LogP contribution is -2.40. The highest BCUT2D eigenvalue weighted by Crippen LogP contribution is 2.18. The monoisotopic (exact) mass is 251 g/mol. The third kappa shape index (κ3) is 4.10. The van der Waals surface area contributed by atoms with E-state index in [-0.39, 0.29) is 5.76 Å². The van der Waals surface area contributed by atoms with E-state index in [4.69, 9.17) is 9.52 Å². The first-order chi connectivity index (χ1) is 7.83. The van der Waals surface area contributed by atoms with Crippen molar-refractivity contribution in [1.29, 1.82) is 0 Å². The molecule has 0 fully saturated rings. The third-order valence-corrected chi connectivity index (χ3v) is 1.98. The third-order valence-electron chi connectivity index (χ3n) is 1.98. The van der Waals surface area contributed by atoms with Gasteiger partial charge < -0.3 is 14.4 Å². The van der Waals surface area contributed by atoms with Gasteiger partial charge in [-0.3, -0.25) is 4.79 Å². The van der Waals surface area contributed by atoms with E-state index in [0.717, 1.165) is 0 Å². The van der Waals surface area contributed by atoms with Gasteiger partial charge in [-0.1, -0.05) is 0 Å². The fourth-order valence-corrected chi connectivity index (χ4v) is 1.29. The number of rotatable bonds is 4. The van der Waals surface area contributed by atoms with Gasteiger partial charge in [0.05, 0.1) is 6.61 Å². The molecule has 0 aliphatic heterocycles. The maximum Gasteiger partial charge on any atom is 0.406 e. The van der Waals surface area contributed by atoms with Crippen LogP contribution in [0.1, 0.15) is 16.3 Å². The lowest BCUT2D eigenvalue weighted by atomic mass is 10.3. The molecule has 1 N–H and O–H groups in total. The molecule has 1 aromatic rings. The molecule has 1 heterocycles.